The molecule has 0 aliphatic carbocycles. The Bertz CT molecular complexity index is 472. The van der Waals surface area contributed by atoms with Crippen molar-refractivity contribution in [1.82, 2.24) is 10.3 Å². The molecule has 1 N–H and O–H groups in total. The third kappa shape index (κ3) is 3.40. The van der Waals surface area contributed by atoms with Crippen molar-refractivity contribution in [2.24, 2.45) is 0 Å². The summed E-state index contributed by atoms with van der Waals surface area (Å²) in [6.45, 7) is 8.72. The number of rotatable bonds is 6. The summed E-state index contributed by atoms with van der Waals surface area (Å²) < 4.78 is 0. The van der Waals surface area contributed by atoms with Gasteiger partial charge in [0.2, 0.25) is 0 Å². The van der Waals surface area contributed by atoms with Crippen LogP contribution in [0.1, 0.15) is 29.3 Å². The minimum Gasteiger partial charge on any atom is -0.315 e. The molecule has 2 nitrogen and oxygen atoms in total. The van der Waals surface area contributed by atoms with Gasteiger partial charge in [-0.05, 0) is 24.8 Å². The Labute approximate surface area is 117 Å². The van der Waals surface area contributed by atoms with Crippen molar-refractivity contribution < 1.29 is 0 Å². The Morgan fingerprint density at radius 2 is 2.17 bits per heavy atom. The van der Waals surface area contributed by atoms with Crippen molar-refractivity contribution in [3.05, 3.63) is 38.5 Å². The van der Waals surface area contributed by atoms with Crippen LogP contribution in [0.4, 0.5) is 0 Å². The summed E-state index contributed by atoms with van der Waals surface area (Å²) in [5.74, 6) is 0. The first-order valence-corrected chi connectivity index (χ1v) is 7.99. The summed E-state index contributed by atoms with van der Waals surface area (Å²) in [6, 6.07) is 4.35. The van der Waals surface area contributed by atoms with Crippen LogP contribution in [-0.2, 0) is 11.8 Å². The molecular formula is C14H20N2S2. The number of thiophene rings is 1. The summed E-state index contributed by atoms with van der Waals surface area (Å²) in [5, 5.41) is 5.72. The molecule has 98 valence electrons. The topological polar surface area (TPSA) is 24.9 Å². The van der Waals surface area contributed by atoms with Gasteiger partial charge in [-0.1, -0.05) is 19.9 Å². The van der Waals surface area contributed by atoms with Crippen molar-refractivity contribution in [2.75, 3.05) is 13.1 Å². The van der Waals surface area contributed by atoms with E-state index in [9.17, 15) is 0 Å². The highest BCUT2D eigenvalue weighted by Gasteiger charge is 2.20. The van der Waals surface area contributed by atoms with Crippen molar-refractivity contribution in [2.45, 2.75) is 32.6 Å². The van der Waals surface area contributed by atoms with Gasteiger partial charge in [0.25, 0.3) is 0 Å². The van der Waals surface area contributed by atoms with Crippen molar-refractivity contribution in [3.8, 4) is 0 Å². The number of hydrogen-bond acceptors (Lipinski definition) is 4. The standard InChI is InChI=1S/C14H20N2S2/c1-11-12(18-10-16-11)6-7-15-9-14(2,3)13-5-4-8-17-13/h4-5,8,10,15H,6-7,9H2,1-3H3. The maximum Gasteiger partial charge on any atom is 0.0797 e. The lowest BCUT2D eigenvalue weighted by Crippen LogP contribution is -2.33. The molecule has 0 aliphatic rings. The van der Waals surface area contributed by atoms with Gasteiger partial charge in [-0.15, -0.1) is 22.7 Å². The Hall–Kier alpha value is -0.710. The molecule has 4 heteroatoms. The van der Waals surface area contributed by atoms with Gasteiger partial charge in [0.15, 0.2) is 0 Å². The second-order valence-corrected chi connectivity index (χ2v) is 7.04. The Kier molecular flexibility index (Phi) is 4.54. The molecule has 0 saturated carbocycles. The van der Waals surface area contributed by atoms with Gasteiger partial charge in [0.05, 0.1) is 11.2 Å². The van der Waals surface area contributed by atoms with Crippen LogP contribution in [-0.4, -0.2) is 18.1 Å². The SMILES string of the molecule is Cc1ncsc1CCNCC(C)(C)c1cccs1. The fourth-order valence-electron chi connectivity index (χ4n) is 1.92. The van der Waals surface area contributed by atoms with Crippen LogP contribution in [0.25, 0.3) is 0 Å². The molecule has 2 aromatic rings. The van der Waals surface area contributed by atoms with E-state index in [1.54, 1.807) is 11.3 Å². The van der Waals surface area contributed by atoms with Crippen molar-refractivity contribution in [1.29, 1.82) is 0 Å². The normalized spacial score (nSPS) is 11.9. The molecule has 0 radical (unpaired) electrons. The van der Waals surface area contributed by atoms with Gasteiger partial charge in [0.1, 0.15) is 0 Å². The molecule has 0 saturated heterocycles. The average Bonchev–Trinajstić information content (AvgIpc) is 2.96. The molecule has 0 fully saturated rings. The molecular weight excluding hydrogens is 260 g/mol. The zero-order valence-corrected chi connectivity index (χ0v) is 12.8. The molecule has 0 amide bonds. The lowest BCUT2D eigenvalue weighted by atomic mass is 9.91. The maximum atomic E-state index is 4.28. The van der Waals surface area contributed by atoms with Crippen LogP contribution in [0.15, 0.2) is 23.0 Å². The van der Waals surface area contributed by atoms with E-state index in [0.717, 1.165) is 19.5 Å². The van der Waals surface area contributed by atoms with E-state index in [-0.39, 0.29) is 5.41 Å². The van der Waals surface area contributed by atoms with E-state index in [4.69, 9.17) is 0 Å². The molecule has 0 aromatic carbocycles. The van der Waals surface area contributed by atoms with Crippen LogP contribution in [0.5, 0.6) is 0 Å². The third-order valence-corrected chi connectivity index (χ3v) is 5.36. The maximum absolute atomic E-state index is 4.28. The quantitative estimate of drug-likeness (QED) is 0.817. The third-order valence-electron chi connectivity index (χ3n) is 3.13. The predicted molar refractivity (Wildman–Crippen MR) is 80.8 cm³/mol. The number of thiazole rings is 1. The van der Waals surface area contributed by atoms with Gasteiger partial charge in [-0.25, -0.2) is 4.98 Å². The van der Waals surface area contributed by atoms with Crippen molar-refractivity contribution >= 4 is 22.7 Å². The zero-order chi connectivity index (χ0) is 13.0. The lowest BCUT2D eigenvalue weighted by Gasteiger charge is -2.23. The summed E-state index contributed by atoms with van der Waals surface area (Å²) in [6.07, 6.45) is 1.08. The van der Waals surface area contributed by atoms with Crippen LogP contribution in [0.2, 0.25) is 0 Å². The Morgan fingerprint density at radius 3 is 2.78 bits per heavy atom. The van der Waals surface area contributed by atoms with Gasteiger partial charge < -0.3 is 5.32 Å². The number of hydrogen-bond donors (Lipinski definition) is 1. The van der Waals surface area contributed by atoms with Crippen molar-refractivity contribution in [3.63, 3.8) is 0 Å². The van der Waals surface area contributed by atoms with Gasteiger partial charge >= 0.3 is 0 Å². The zero-order valence-electron chi connectivity index (χ0n) is 11.2. The summed E-state index contributed by atoms with van der Waals surface area (Å²) in [7, 11) is 0. The minimum atomic E-state index is 0.219. The summed E-state index contributed by atoms with van der Waals surface area (Å²) >= 11 is 3.60. The molecule has 0 spiro atoms. The first-order valence-electron chi connectivity index (χ1n) is 6.23. The van der Waals surface area contributed by atoms with Gasteiger partial charge in [0, 0.05) is 28.3 Å². The molecule has 2 aromatic heterocycles. The first-order chi connectivity index (χ1) is 8.59. The highest BCUT2D eigenvalue weighted by molar-refractivity contribution is 7.10. The molecule has 18 heavy (non-hydrogen) atoms. The summed E-state index contributed by atoms with van der Waals surface area (Å²) in [5.41, 5.74) is 3.33. The van der Waals surface area contributed by atoms with E-state index in [2.05, 4.69) is 48.6 Å². The molecule has 0 atom stereocenters. The largest absolute Gasteiger partial charge is 0.315 e. The molecule has 2 heterocycles. The molecule has 2 rings (SSSR count). The van der Waals surface area contributed by atoms with E-state index < -0.39 is 0 Å². The van der Waals surface area contributed by atoms with Crippen LogP contribution >= 0.6 is 22.7 Å². The lowest BCUT2D eigenvalue weighted by molar-refractivity contribution is 0.479. The van der Waals surface area contributed by atoms with Crippen LogP contribution in [0.3, 0.4) is 0 Å². The monoisotopic (exact) mass is 280 g/mol. The fourth-order valence-corrected chi connectivity index (χ4v) is 3.55. The molecule has 0 unspecified atom stereocenters. The highest BCUT2D eigenvalue weighted by atomic mass is 32.1. The van der Waals surface area contributed by atoms with E-state index >= 15 is 0 Å². The Balaban J connectivity index is 1.77. The smallest absolute Gasteiger partial charge is 0.0797 e. The number of nitrogens with one attached hydrogen (secondary N) is 1. The average molecular weight is 280 g/mol. The van der Waals surface area contributed by atoms with Gasteiger partial charge in [-0.3, -0.25) is 0 Å². The van der Waals surface area contributed by atoms with E-state index in [1.165, 1.54) is 15.4 Å². The first kappa shape index (κ1) is 13.7. The molecule has 0 aliphatic heterocycles. The second kappa shape index (κ2) is 5.95. The minimum absolute atomic E-state index is 0.219. The highest BCUT2D eigenvalue weighted by Crippen LogP contribution is 2.26. The number of aromatic nitrogens is 1. The predicted octanol–water partition coefficient (Wildman–Crippen LogP) is 3.62. The fraction of sp³-hybridized carbons (Fsp3) is 0.500. The number of nitrogens with zero attached hydrogens (tertiary/aromatic N) is 1. The second-order valence-electron chi connectivity index (χ2n) is 5.15. The van der Waals surface area contributed by atoms with E-state index in [1.807, 2.05) is 16.8 Å². The van der Waals surface area contributed by atoms with E-state index in [0.29, 0.717) is 0 Å². The van der Waals surface area contributed by atoms with Gasteiger partial charge in [-0.2, -0.15) is 0 Å². The molecule has 0 bridgehead atoms. The Morgan fingerprint density at radius 1 is 1.33 bits per heavy atom. The van der Waals surface area contributed by atoms with Crippen LogP contribution < -0.4 is 5.32 Å². The summed E-state index contributed by atoms with van der Waals surface area (Å²) in [4.78, 5) is 7.12. The number of aryl methyl sites for hydroxylation is 1. The van der Waals surface area contributed by atoms with Crippen LogP contribution in [0, 0.1) is 6.92 Å².